The predicted octanol–water partition coefficient (Wildman–Crippen LogP) is -0.178. The van der Waals surface area contributed by atoms with Gasteiger partial charge in [-0.15, -0.1) is 5.10 Å². The van der Waals surface area contributed by atoms with E-state index in [9.17, 15) is 4.79 Å². The largest absolute Gasteiger partial charge is 0.379 e. The molecule has 3 rings (SSSR count). The lowest BCUT2D eigenvalue weighted by atomic mass is 10.2. The van der Waals surface area contributed by atoms with Crippen LogP contribution in [0, 0.1) is 0 Å². The van der Waals surface area contributed by atoms with E-state index < -0.39 is 0 Å². The van der Waals surface area contributed by atoms with Crippen LogP contribution in [0.1, 0.15) is 11.4 Å². The van der Waals surface area contributed by atoms with Crippen LogP contribution in [0.25, 0.3) is 0 Å². The molecule has 0 unspecified atom stereocenters. The van der Waals surface area contributed by atoms with Gasteiger partial charge in [-0.3, -0.25) is 9.69 Å². The molecule has 0 atom stereocenters. The molecule has 1 aliphatic rings. The Hall–Kier alpha value is -2.32. The van der Waals surface area contributed by atoms with Crippen LogP contribution >= 0.6 is 0 Å². The molecule has 1 fully saturated rings. The van der Waals surface area contributed by atoms with Crippen molar-refractivity contribution in [3.05, 3.63) is 41.7 Å². The first kappa shape index (κ1) is 15.6. The van der Waals surface area contributed by atoms with E-state index in [1.54, 1.807) is 4.68 Å². The molecule has 0 saturated carbocycles. The number of carbonyl (C=O) groups excluding carboxylic acids is 1. The number of carbonyl (C=O) groups is 1. The second-order valence-corrected chi connectivity index (χ2v) is 5.40. The number of hydrogen-bond donors (Lipinski definition) is 1. The van der Waals surface area contributed by atoms with Gasteiger partial charge in [0.2, 0.25) is 5.91 Å². The normalized spacial score (nSPS) is 15.5. The highest BCUT2D eigenvalue weighted by Gasteiger charge is 2.16. The average Bonchev–Trinajstić information content (AvgIpc) is 3.02. The van der Waals surface area contributed by atoms with E-state index in [0.717, 1.165) is 31.9 Å². The van der Waals surface area contributed by atoms with Gasteiger partial charge in [-0.25, -0.2) is 4.68 Å². The van der Waals surface area contributed by atoms with E-state index >= 15 is 0 Å². The van der Waals surface area contributed by atoms with E-state index in [1.807, 2.05) is 30.3 Å². The van der Waals surface area contributed by atoms with Gasteiger partial charge in [-0.2, -0.15) is 0 Å². The highest BCUT2D eigenvalue weighted by Crippen LogP contribution is 2.04. The number of morpholine rings is 1. The number of nitrogens with one attached hydrogen (secondary N) is 1. The highest BCUT2D eigenvalue weighted by molar-refractivity contribution is 5.75. The first-order valence-corrected chi connectivity index (χ1v) is 7.67. The van der Waals surface area contributed by atoms with Crippen molar-refractivity contribution in [2.75, 3.05) is 26.3 Å². The molecule has 1 aromatic carbocycles. The fourth-order valence-electron chi connectivity index (χ4n) is 2.41. The van der Waals surface area contributed by atoms with Crippen LogP contribution in [0.2, 0.25) is 0 Å². The lowest BCUT2D eigenvalue weighted by Crippen LogP contribution is -2.37. The first-order chi connectivity index (χ1) is 11.3. The Morgan fingerprint density at radius 3 is 2.78 bits per heavy atom. The topological polar surface area (TPSA) is 85.2 Å². The summed E-state index contributed by atoms with van der Waals surface area (Å²) in [6, 6.07) is 9.79. The molecule has 2 aromatic rings. The standard InChI is InChI=1S/C15H20N6O2/c22-15(16-10-13-4-2-1-3-5-13)12-21-14(17-18-19-21)11-20-6-8-23-9-7-20/h1-5H,6-12H2,(H,16,22). The van der Waals surface area contributed by atoms with Crippen LogP contribution in [0.15, 0.2) is 30.3 Å². The van der Waals surface area contributed by atoms with Crippen LogP contribution in [0.3, 0.4) is 0 Å². The third kappa shape index (κ3) is 4.57. The average molecular weight is 316 g/mol. The van der Waals surface area contributed by atoms with Gasteiger partial charge >= 0.3 is 0 Å². The summed E-state index contributed by atoms with van der Waals surface area (Å²) in [5, 5.41) is 14.5. The Morgan fingerprint density at radius 2 is 2.00 bits per heavy atom. The third-order valence-corrected chi connectivity index (χ3v) is 3.70. The Bertz CT molecular complexity index is 624. The molecule has 1 N–H and O–H groups in total. The molecular formula is C15H20N6O2. The van der Waals surface area contributed by atoms with E-state index in [4.69, 9.17) is 4.74 Å². The quantitative estimate of drug-likeness (QED) is 0.796. The summed E-state index contributed by atoms with van der Waals surface area (Å²) >= 11 is 0. The summed E-state index contributed by atoms with van der Waals surface area (Å²) in [7, 11) is 0. The van der Waals surface area contributed by atoms with Crippen molar-refractivity contribution in [3.8, 4) is 0 Å². The molecule has 8 nitrogen and oxygen atoms in total. The zero-order chi connectivity index (χ0) is 15.9. The summed E-state index contributed by atoms with van der Waals surface area (Å²) in [6.07, 6.45) is 0. The maximum atomic E-state index is 12.1. The summed E-state index contributed by atoms with van der Waals surface area (Å²) in [6.45, 7) is 4.40. The van der Waals surface area contributed by atoms with Crippen molar-refractivity contribution in [2.45, 2.75) is 19.6 Å². The Kier molecular flexibility index (Phi) is 5.28. The van der Waals surface area contributed by atoms with Gasteiger partial charge in [0.15, 0.2) is 5.82 Å². The number of rotatable bonds is 6. The van der Waals surface area contributed by atoms with Crippen molar-refractivity contribution in [1.29, 1.82) is 0 Å². The number of nitrogens with zero attached hydrogens (tertiary/aromatic N) is 5. The molecule has 8 heteroatoms. The summed E-state index contributed by atoms with van der Waals surface area (Å²) in [5.41, 5.74) is 1.06. The Morgan fingerprint density at radius 1 is 1.22 bits per heavy atom. The smallest absolute Gasteiger partial charge is 0.242 e. The van der Waals surface area contributed by atoms with Crippen molar-refractivity contribution in [2.24, 2.45) is 0 Å². The first-order valence-electron chi connectivity index (χ1n) is 7.67. The minimum Gasteiger partial charge on any atom is -0.379 e. The fraction of sp³-hybridized carbons (Fsp3) is 0.467. The molecule has 0 bridgehead atoms. The molecule has 0 radical (unpaired) electrons. The van der Waals surface area contributed by atoms with Gasteiger partial charge in [0, 0.05) is 19.6 Å². The number of tetrazole rings is 1. The molecule has 1 aromatic heterocycles. The molecule has 2 heterocycles. The van der Waals surface area contributed by atoms with Crippen LogP contribution in [-0.2, 0) is 29.2 Å². The van der Waals surface area contributed by atoms with E-state index in [0.29, 0.717) is 18.9 Å². The maximum absolute atomic E-state index is 12.1. The highest BCUT2D eigenvalue weighted by atomic mass is 16.5. The number of benzene rings is 1. The summed E-state index contributed by atoms with van der Waals surface area (Å²) < 4.78 is 6.87. The van der Waals surface area contributed by atoms with E-state index in [-0.39, 0.29) is 12.5 Å². The van der Waals surface area contributed by atoms with Gasteiger partial charge in [-0.1, -0.05) is 30.3 Å². The molecule has 1 aliphatic heterocycles. The number of amides is 1. The van der Waals surface area contributed by atoms with Gasteiger partial charge in [0.05, 0.1) is 19.8 Å². The van der Waals surface area contributed by atoms with Crippen molar-refractivity contribution < 1.29 is 9.53 Å². The molecule has 122 valence electrons. The summed E-state index contributed by atoms with van der Waals surface area (Å²) in [5.74, 6) is 0.589. The van der Waals surface area contributed by atoms with Crippen molar-refractivity contribution in [1.82, 2.24) is 30.4 Å². The van der Waals surface area contributed by atoms with Crippen molar-refractivity contribution >= 4 is 5.91 Å². The van der Waals surface area contributed by atoms with Crippen LogP contribution in [0.5, 0.6) is 0 Å². The monoisotopic (exact) mass is 316 g/mol. The second-order valence-electron chi connectivity index (χ2n) is 5.40. The summed E-state index contributed by atoms with van der Waals surface area (Å²) in [4.78, 5) is 14.3. The minimum atomic E-state index is -0.107. The lowest BCUT2D eigenvalue weighted by molar-refractivity contribution is -0.122. The molecule has 0 spiro atoms. The molecular weight excluding hydrogens is 296 g/mol. The van der Waals surface area contributed by atoms with Crippen LogP contribution in [0.4, 0.5) is 0 Å². The maximum Gasteiger partial charge on any atom is 0.242 e. The van der Waals surface area contributed by atoms with Gasteiger partial charge in [0.1, 0.15) is 6.54 Å². The SMILES string of the molecule is O=C(Cn1nnnc1CN1CCOCC1)NCc1ccccc1. The minimum absolute atomic E-state index is 0.107. The van der Waals surface area contributed by atoms with Gasteiger partial charge < -0.3 is 10.1 Å². The van der Waals surface area contributed by atoms with Crippen LogP contribution < -0.4 is 5.32 Å². The third-order valence-electron chi connectivity index (χ3n) is 3.70. The Labute approximate surface area is 134 Å². The van der Waals surface area contributed by atoms with Gasteiger partial charge in [0.25, 0.3) is 0 Å². The predicted molar refractivity (Wildman–Crippen MR) is 82.2 cm³/mol. The van der Waals surface area contributed by atoms with Crippen LogP contribution in [-0.4, -0.2) is 57.3 Å². The molecule has 23 heavy (non-hydrogen) atoms. The molecule has 1 amide bonds. The lowest BCUT2D eigenvalue weighted by Gasteiger charge is -2.25. The Balaban J connectivity index is 1.51. The number of ether oxygens (including phenoxy) is 1. The zero-order valence-corrected chi connectivity index (χ0v) is 12.9. The second kappa shape index (κ2) is 7.80. The van der Waals surface area contributed by atoms with E-state index in [1.165, 1.54) is 0 Å². The number of aromatic nitrogens is 4. The zero-order valence-electron chi connectivity index (χ0n) is 12.9. The molecule has 1 saturated heterocycles. The van der Waals surface area contributed by atoms with E-state index in [2.05, 4.69) is 25.7 Å². The number of hydrogen-bond acceptors (Lipinski definition) is 6. The molecule has 0 aliphatic carbocycles. The van der Waals surface area contributed by atoms with Crippen molar-refractivity contribution in [3.63, 3.8) is 0 Å². The van der Waals surface area contributed by atoms with Gasteiger partial charge in [-0.05, 0) is 16.0 Å². The fourth-order valence-corrected chi connectivity index (χ4v) is 2.41.